The molecule has 4 nitrogen and oxygen atoms in total. The van der Waals surface area contributed by atoms with Crippen LogP contribution in [-0.4, -0.2) is 46.0 Å². The maximum atomic E-state index is 3.24. The lowest BCUT2D eigenvalue weighted by atomic mass is 10.2. The van der Waals surface area contributed by atoms with Crippen LogP contribution in [-0.2, 0) is 0 Å². The Morgan fingerprint density at radius 2 is 1.43 bits per heavy atom. The van der Waals surface area contributed by atoms with Gasteiger partial charge in [0.2, 0.25) is 0 Å². The van der Waals surface area contributed by atoms with E-state index in [0.717, 1.165) is 17.8 Å². The molecule has 0 unspecified atom stereocenters. The first-order chi connectivity index (χ1) is 6.68. The van der Waals surface area contributed by atoms with Crippen LogP contribution in [0.5, 0.6) is 0 Å². The standard InChI is InChI=1S/C10H27N4/c1-11-9-7-5-6-8-10-14(4,12-2)13-3/h11-13H,5-10H2,1-4H3/q+1. The molecule has 3 N–H and O–H groups in total. The number of quaternary nitrogens is 1. The van der Waals surface area contributed by atoms with Gasteiger partial charge in [-0.15, -0.1) is 0 Å². The molecular weight excluding hydrogens is 176 g/mol. The van der Waals surface area contributed by atoms with Crippen LogP contribution in [0.2, 0.25) is 0 Å². The zero-order valence-corrected chi connectivity index (χ0v) is 10.2. The maximum absolute atomic E-state index is 3.24. The minimum Gasteiger partial charge on any atom is -0.320 e. The lowest BCUT2D eigenvalue weighted by molar-refractivity contribution is -0.988. The van der Waals surface area contributed by atoms with E-state index in [-0.39, 0.29) is 0 Å². The molecule has 0 aromatic rings. The molecule has 0 bridgehead atoms. The van der Waals surface area contributed by atoms with Crippen molar-refractivity contribution in [2.24, 2.45) is 0 Å². The summed E-state index contributed by atoms with van der Waals surface area (Å²) in [5.74, 6) is 0. The molecule has 86 valence electrons. The van der Waals surface area contributed by atoms with E-state index in [1.807, 2.05) is 21.1 Å². The van der Waals surface area contributed by atoms with E-state index in [9.17, 15) is 0 Å². The molecule has 0 spiro atoms. The van der Waals surface area contributed by atoms with Crippen molar-refractivity contribution < 1.29 is 4.70 Å². The molecule has 0 radical (unpaired) electrons. The Labute approximate surface area is 88.6 Å². The largest absolute Gasteiger partial charge is 0.320 e. The summed E-state index contributed by atoms with van der Waals surface area (Å²) in [6, 6.07) is 0. The lowest BCUT2D eigenvalue weighted by Crippen LogP contribution is -2.61. The van der Waals surface area contributed by atoms with E-state index in [4.69, 9.17) is 0 Å². The van der Waals surface area contributed by atoms with Gasteiger partial charge in [-0.05, 0) is 26.4 Å². The predicted molar refractivity (Wildman–Crippen MR) is 61.6 cm³/mol. The summed E-state index contributed by atoms with van der Waals surface area (Å²) >= 11 is 0. The van der Waals surface area contributed by atoms with E-state index in [1.54, 1.807) is 0 Å². The zero-order chi connectivity index (χ0) is 10.9. The fraction of sp³-hybridized carbons (Fsp3) is 1.00. The number of nitrogens with zero attached hydrogens (tertiary/aromatic N) is 1. The van der Waals surface area contributed by atoms with Gasteiger partial charge in [0.15, 0.2) is 0 Å². The summed E-state index contributed by atoms with van der Waals surface area (Å²) in [5.41, 5.74) is 6.49. The summed E-state index contributed by atoms with van der Waals surface area (Å²) in [5, 5.41) is 3.17. The molecule has 14 heavy (non-hydrogen) atoms. The Kier molecular flexibility index (Phi) is 8.08. The van der Waals surface area contributed by atoms with Crippen LogP contribution < -0.4 is 16.2 Å². The fourth-order valence-electron chi connectivity index (χ4n) is 1.42. The minimum atomic E-state index is 0.742. The molecule has 0 heterocycles. The van der Waals surface area contributed by atoms with E-state index >= 15 is 0 Å². The van der Waals surface area contributed by atoms with Crippen molar-refractivity contribution in [1.82, 2.24) is 16.2 Å². The van der Waals surface area contributed by atoms with Gasteiger partial charge in [-0.3, -0.25) is 0 Å². The molecule has 0 atom stereocenters. The van der Waals surface area contributed by atoms with Crippen molar-refractivity contribution in [3.8, 4) is 0 Å². The molecule has 0 aliphatic carbocycles. The molecule has 0 fully saturated rings. The average molecular weight is 203 g/mol. The molecule has 0 saturated heterocycles. The van der Waals surface area contributed by atoms with Crippen molar-refractivity contribution in [3.05, 3.63) is 0 Å². The Morgan fingerprint density at radius 1 is 0.857 bits per heavy atom. The van der Waals surface area contributed by atoms with Crippen molar-refractivity contribution in [2.45, 2.75) is 25.7 Å². The predicted octanol–water partition coefficient (Wildman–Crippen LogP) is 0.482. The van der Waals surface area contributed by atoms with Crippen LogP contribution in [0, 0.1) is 0 Å². The highest BCUT2D eigenvalue weighted by molar-refractivity contribution is 4.44. The first kappa shape index (κ1) is 13.8. The first-order valence-corrected chi connectivity index (χ1v) is 5.56. The SMILES string of the molecule is CNCCCCCC[N+](C)(NC)NC. The van der Waals surface area contributed by atoms with Gasteiger partial charge in [-0.2, -0.15) is 15.6 Å². The number of hydrogen-bond donors (Lipinski definition) is 3. The maximum Gasteiger partial charge on any atom is 0.114 e. The third-order valence-electron chi connectivity index (χ3n) is 2.77. The molecule has 4 heteroatoms. The number of nitrogens with one attached hydrogen (secondary N) is 3. The highest BCUT2D eigenvalue weighted by Crippen LogP contribution is 2.02. The highest BCUT2D eigenvalue weighted by Gasteiger charge is 2.15. The van der Waals surface area contributed by atoms with Gasteiger partial charge in [0.1, 0.15) is 13.6 Å². The molecule has 0 amide bonds. The van der Waals surface area contributed by atoms with Gasteiger partial charge in [0, 0.05) is 20.5 Å². The number of hydrogen-bond acceptors (Lipinski definition) is 3. The van der Waals surface area contributed by atoms with Crippen LogP contribution in [0.15, 0.2) is 0 Å². The summed E-state index contributed by atoms with van der Waals surface area (Å²) < 4.78 is 0.742. The van der Waals surface area contributed by atoms with E-state index in [2.05, 4.69) is 23.2 Å². The third-order valence-corrected chi connectivity index (χ3v) is 2.77. The molecule has 0 saturated carbocycles. The minimum absolute atomic E-state index is 0.742. The van der Waals surface area contributed by atoms with Crippen molar-refractivity contribution in [2.75, 3.05) is 41.3 Å². The molecular formula is C10H27N4+. The topological polar surface area (TPSA) is 36.1 Å². The molecule has 0 aliphatic rings. The average Bonchev–Trinajstić information content (AvgIpc) is 2.23. The normalized spacial score (nSPS) is 12.0. The van der Waals surface area contributed by atoms with Crippen molar-refractivity contribution in [1.29, 1.82) is 0 Å². The summed E-state index contributed by atoms with van der Waals surface area (Å²) in [4.78, 5) is 0. The van der Waals surface area contributed by atoms with Crippen molar-refractivity contribution >= 4 is 0 Å². The van der Waals surface area contributed by atoms with Gasteiger partial charge in [0.05, 0.1) is 0 Å². The molecule has 0 aromatic carbocycles. The first-order valence-electron chi connectivity index (χ1n) is 5.56. The Hall–Kier alpha value is -0.160. The quantitative estimate of drug-likeness (QED) is 0.290. The monoisotopic (exact) mass is 203 g/mol. The molecule has 0 rings (SSSR count). The Balaban J connectivity index is 3.34. The molecule has 0 aliphatic heterocycles. The highest BCUT2D eigenvalue weighted by atomic mass is 15.8. The Morgan fingerprint density at radius 3 is 1.93 bits per heavy atom. The number of unbranched alkanes of at least 4 members (excludes halogenated alkanes) is 3. The lowest BCUT2D eigenvalue weighted by Gasteiger charge is -2.30. The van der Waals surface area contributed by atoms with E-state index < -0.39 is 0 Å². The Bertz CT molecular complexity index is 123. The van der Waals surface area contributed by atoms with E-state index in [1.165, 1.54) is 25.7 Å². The van der Waals surface area contributed by atoms with Crippen LogP contribution >= 0.6 is 0 Å². The second-order valence-corrected chi connectivity index (χ2v) is 3.88. The second kappa shape index (κ2) is 8.17. The van der Waals surface area contributed by atoms with Gasteiger partial charge < -0.3 is 5.32 Å². The van der Waals surface area contributed by atoms with E-state index in [0.29, 0.717) is 0 Å². The summed E-state index contributed by atoms with van der Waals surface area (Å²) in [7, 11) is 8.12. The second-order valence-electron chi connectivity index (χ2n) is 3.88. The number of rotatable bonds is 9. The van der Waals surface area contributed by atoms with Gasteiger partial charge in [-0.1, -0.05) is 6.42 Å². The fourth-order valence-corrected chi connectivity index (χ4v) is 1.42. The van der Waals surface area contributed by atoms with Crippen molar-refractivity contribution in [3.63, 3.8) is 0 Å². The third kappa shape index (κ3) is 6.32. The van der Waals surface area contributed by atoms with Crippen LogP contribution in [0.3, 0.4) is 0 Å². The van der Waals surface area contributed by atoms with Crippen LogP contribution in [0.4, 0.5) is 0 Å². The summed E-state index contributed by atoms with van der Waals surface area (Å²) in [6.45, 7) is 2.27. The van der Waals surface area contributed by atoms with Gasteiger partial charge >= 0.3 is 0 Å². The molecule has 0 aromatic heterocycles. The smallest absolute Gasteiger partial charge is 0.114 e. The summed E-state index contributed by atoms with van der Waals surface area (Å²) in [6.07, 6.45) is 5.20. The van der Waals surface area contributed by atoms with Gasteiger partial charge in [0.25, 0.3) is 0 Å². The van der Waals surface area contributed by atoms with Crippen LogP contribution in [0.25, 0.3) is 0 Å². The zero-order valence-electron chi connectivity index (χ0n) is 10.2. The van der Waals surface area contributed by atoms with Crippen LogP contribution in [0.1, 0.15) is 25.7 Å². The van der Waals surface area contributed by atoms with Gasteiger partial charge in [-0.25, -0.2) is 0 Å².